The number of ether oxygens (including phenoxy) is 3. The minimum Gasteiger partial charge on any atom is -0.462 e. The molecule has 1 unspecified atom stereocenters. The average Bonchev–Trinajstić information content (AvgIpc) is 3.25. The van der Waals surface area contributed by atoms with Gasteiger partial charge in [-0.15, -0.1) is 0 Å². The molecule has 0 fully saturated rings. The molecule has 1 atom stereocenters. The van der Waals surface area contributed by atoms with Gasteiger partial charge in [-0.3, -0.25) is 9.59 Å². The summed E-state index contributed by atoms with van der Waals surface area (Å²) in [5.41, 5.74) is 0. The third-order valence-electron chi connectivity index (χ3n) is 11.0. The Morgan fingerprint density at radius 2 is 0.783 bits per heavy atom. The summed E-state index contributed by atoms with van der Waals surface area (Å²) >= 11 is 0. The topological polar surface area (TPSA) is 61.8 Å². The van der Waals surface area contributed by atoms with Crippen molar-refractivity contribution in [3.8, 4) is 0 Å². The number of rotatable bonds is 47. The van der Waals surface area contributed by atoms with Crippen LogP contribution in [-0.2, 0) is 23.8 Å². The van der Waals surface area contributed by atoms with Crippen molar-refractivity contribution in [3.05, 3.63) is 60.8 Å². The molecule has 0 aliphatic rings. The highest BCUT2D eigenvalue weighted by molar-refractivity contribution is 5.70. The number of hydrogen-bond donors (Lipinski definition) is 0. The number of allylic oxidation sites excluding steroid dienone is 10. The summed E-state index contributed by atoms with van der Waals surface area (Å²) in [6, 6.07) is 0. The lowest BCUT2D eigenvalue weighted by atomic mass is 10.0. The molecule has 0 N–H and O–H groups in total. The highest BCUT2D eigenvalue weighted by atomic mass is 16.6. The summed E-state index contributed by atoms with van der Waals surface area (Å²) in [6.07, 6.45) is 63.7. The van der Waals surface area contributed by atoms with Gasteiger partial charge in [-0.1, -0.05) is 223 Å². The zero-order valence-corrected chi connectivity index (χ0v) is 40.0. The highest BCUT2D eigenvalue weighted by Gasteiger charge is 2.17. The Balaban J connectivity index is 4.28. The highest BCUT2D eigenvalue weighted by Crippen LogP contribution is 2.15. The van der Waals surface area contributed by atoms with Crippen molar-refractivity contribution in [1.82, 2.24) is 0 Å². The van der Waals surface area contributed by atoms with Gasteiger partial charge in [0.05, 0.1) is 6.61 Å². The Morgan fingerprint density at radius 3 is 1.27 bits per heavy atom. The Labute approximate surface area is 373 Å². The molecule has 5 nitrogen and oxygen atoms in total. The molecule has 0 aromatic carbocycles. The molecule has 0 amide bonds. The molecule has 0 aliphatic carbocycles. The maximum Gasteiger partial charge on any atom is 0.306 e. The number of carbonyl (C=O) groups excluding carboxylic acids is 2. The van der Waals surface area contributed by atoms with E-state index < -0.39 is 6.10 Å². The minimum atomic E-state index is -0.549. The van der Waals surface area contributed by atoms with Gasteiger partial charge in [-0.2, -0.15) is 0 Å². The number of unbranched alkanes of at least 4 members (excludes halogenated alkanes) is 26. The summed E-state index contributed by atoms with van der Waals surface area (Å²) in [7, 11) is 0. The summed E-state index contributed by atoms with van der Waals surface area (Å²) in [6.45, 7) is 7.64. The molecule has 0 bridgehead atoms. The van der Waals surface area contributed by atoms with Gasteiger partial charge in [0, 0.05) is 19.4 Å². The van der Waals surface area contributed by atoms with E-state index in [1.807, 2.05) is 0 Å². The van der Waals surface area contributed by atoms with Crippen LogP contribution in [0.3, 0.4) is 0 Å². The van der Waals surface area contributed by atoms with Crippen molar-refractivity contribution in [2.75, 3.05) is 19.8 Å². The lowest BCUT2D eigenvalue weighted by molar-refractivity contribution is -0.163. The van der Waals surface area contributed by atoms with Crippen LogP contribution in [0, 0.1) is 0 Å². The van der Waals surface area contributed by atoms with E-state index in [0.29, 0.717) is 19.4 Å². The first kappa shape index (κ1) is 57.6. The molecule has 0 saturated heterocycles. The van der Waals surface area contributed by atoms with Crippen molar-refractivity contribution in [2.45, 2.75) is 258 Å². The van der Waals surface area contributed by atoms with E-state index >= 15 is 0 Å². The van der Waals surface area contributed by atoms with E-state index in [9.17, 15) is 9.59 Å². The van der Waals surface area contributed by atoms with Crippen molar-refractivity contribution in [2.24, 2.45) is 0 Å². The summed E-state index contributed by atoms with van der Waals surface area (Å²) < 4.78 is 17.4. The van der Waals surface area contributed by atoms with Gasteiger partial charge in [-0.25, -0.2) is 0 Å². The molecule has 0 saturated carbocycles. The zero-order valence-electron chi connectivity index (χ0n) is 40.0. The fraction of sp³-hybridized carbons (Fsp3) is 0.782. The summed E-state index contributed by atoms with van der Waals surface area (Å²) in [5, 5.41) is 0. The van der Waals surface area contributed by atoms with E-state index in [0.717, 1.165) is 83.5 Å². The Kier molecular flexibility index (Phi) is 48.9. The fourth-order valence-electron chi connectivity index (χ4n) is 7.21. The molecule has 5 heteroatoms. The zero-order chi connectivity index (χ0) is 43.5. The lowest BCUT2D eigenvalue weighted by Gasteiger charge is -2.18. The van der Waals surface area contributed by atoms with E-state index in [-0.39, 0.29) is 25.2 Å². The first-order valence-electron chi connectivity index (χ1n) is 25.8. The third-order valence-corrected chi connectivity index (χ3v) is 11.0. The van der Waals surface area contributed by atoms with Gasteiger partial charge in [0.2, 0.25) is 0 Å². The van der Waals surface area contributed by atoms with Crippen LogP contribution >= 0.6 is 0 Å². The largest absolute Gasteiger partial charge is 0.462 e. The van der Waals surface area contributed by atoms with Gasteiger partial charge in [0.25, 0.3) is 0 Å². The van der Waals surface area contributed by atoms with Crippen LogP contribution in [0.1, 0.15) is 252 Å². The molecule has 60 heavy (non-hydrogen) atoms. The number of esters is 2. The Bertz CT molecular complexity index is 1040. The van der Waals surface area contributed by atoms with Crippen LogP contribution in [0.4, 0.5) is 0 Å². The monoisotopic (exact) mass is 839 g/mol. The van der Waals surface area contributed by atoms with Crippen LogP contribution in [-0.4, -0.2) is 37.9 Å². The quantitative estimate of drug-likeness (QED) is 0.0347. The van der Waals surface area contributed by atoms with Crippen LogP contribution in [0.15, 0.2) is 60.8 Å². The van der Waals surface area contributed by atoms with Crippen LogP contribution in [0.2, 0.25) is 0 Å². The second-order valence-corrected chi connectivity index (χ2v) is 17.0. The van der Waals surface area contributed by atoms with Gasteiger partial charge in [-0.05, 0) is 77.0 Å². The van der Waals surface area contributed by atoms with Crippen LogP contribution in [0.5, 0.6) is 0 Å². The van der Waals surface area contributed by atoms with E-state index in [2.05, 4.69) is 81.5 Å². The maximum absolute atomic E-state index is 12.8. The predicted octanol–water partition coefficient (Wildman–Crippen LogP) is 17.3. The number of hydrogen-bond acceptors (Lipinski definition) is 5. The van der Waals surface area contributed by atoms with Gasteiger partial charge < -0.3 is 14.2 Å². The van der Waals surface area contributed by atoms with Crippen molar-refractivity contribution in [1.29, 1.82) is 0 Å². The van der Waals surface area contributed by atoms with Crippen LogP contribution < -0.4 is 0 Å². The van der Waals surface area contributed by atoms with Gasteiger partial charge >= 0.3 is 11.9 Å². The van der Waals surface area contributed by atoms with Crippen molar-refractivity contribution in [3.63, 3.8) is 0 Å². The molecule has 0 radical (unpaired) electrons. The standard InChI is InChI=1S/C55H98O5/c1-4-7-10-13-16-19-22-25-27-29-32-35-38-41-44-47-50-58-51-53(60-55(57)49-46-43-40-37-34-30-24-21-18-15-12-9-6-3)52-59-54(56)48-45-42-39-36-33-31-28-26-23-20-17-14-11-8-5-2/h7,10,12,15-16,19,21,24-25,27,53H,4-6,8-9,11,13-14,17-18,20,22-23,26,28-52H2,1-3H3/b10-7-,15-12-,19-16-,24-21-,27-25-. The molecule has 0 aromatic rings. The molecular formula is C55H98O5. The Hall–Kier alpha value is -2.40. The van der Waals surface area contributed by atoms with Crippen molar-refractivity contribution >= 4 is 11.9 Å². The van der Waals surface area contributed by atoms with Gasteiger partial charge in [0.15, 0.2) is 6.10 Å². The third kappa shape index (κ3) is 48.3. The van der Waals surface area contributed by atoms with E-state index in [4.69, 9.17) is 14.2 Å². The molecule has 0 aromatic heterocycles. The van der Waals surface area contributed by atoms with Gasteiger partial charge in [0.1, 0.15) is 6.61 Å². The SMILES string of the molecule is CC/C=C\C/C=C\C/C=C\CCCCCCCCOCC(COC(=O)CCCCCCCCCCCCCCCCC)OC(=O)CCCCCCC/C=C\C/C=C\CCC. The summed E-state index contributed by atoms with van der Waals surface area (Å²) in [4.78, 5) is 25.4. The molecule has 0 heterocycles. The second kappa shape index (κ2) is 51.0. The minimum absolute atomic E-state index is 0.0757. The smallest absolute Gasteiger partial charge is 0.306 e. The Morgan fingerprint density at radius 1 is 0.383 bits per heavy atom. The van der Waals surface area contributed by atoms with Crippen molar-refractivity contribution < 1.29 is 23.8 Å². The normalized spacial score (nSPS) is 12.7. The molecule has 348 valence electrons. The van der Waals surface area contributed by atoms with E-state index in [1.165, 1.54) is 135 Å². The van der Waals surface area contributed by atoms with Crippen LogP contribution in [0.25, 0.3) is 0 Å². The van der Waals surface area contributed by atoms with E-state index in [1.54, 1.807) is 0 Å². The first-order chi connectivity index (χ1) is 29.6. The molecular weight excluding hydrogens is 741 g/mol. The fourth-order valence-corrected chi connectivity index (χ4v) is 7.21. The molecule has 0 spiro atoms. The maximum atomic E-state index is 12.8. The number of carbonyl (C=O) groups is 2. The predicted molar refractivity (Wildman–Crippen MR) is 261 cm³/mol. The summed E-state index contributed by atoms with van der Waals surface area (Å²) in [5.74, 6) is -0.413. The molecule has 0 rings (SSSR count). The molecule has 0 aliphatic heterocycles. The first-order valence-corrected chi connectivity index (χ1v) is 25.8. The average molecular weight is 839 g/mol. The lowest BCUT2D eigenvalue weighted by Crippen LogP contribution is -2.30. The second-order valence-electron chi connectivity index (χ2n) is 17.0.